The Bertz CT molecular complexity index is 1020. The Morgan fingerprint density at radius 3 is 2.57 bits per heavy atom. The average molecular weight is 472 g/mol. The van der Waals surface area contributed by atoms with Gasteiger partial charge < -0.3 is 14.9 Å². The number of amides is 1. The Morgan fingerprint density at radius 1 is 1.17 bits per heavy atom. The number of ether oxygens (including phenoxy) is 1. The number of benzene rings is 2. The van der Waals surface area contributed by atoms with Gasteiger partial charge in [-0.2, -0.15) is 4.31 Å². The van der Waals surface area contributed by atoms with Crippen molar-refractivity contribution in [2.24, 2.45) is 5.16 Å². The SMILES string of the molecule is O=C(CO/N=C/c1ccc(Cl)cc1)Nc1ccc(Cl)c(S(=O)(=O)N2CCOCC2)c1. The van der Waals surface area contributed by atoms with Crippen LogP contribution in [0.1, 0.15) is 5.56 Å². The zero-order valence-corrected chi connectivity index (χ0v) is 18.1. The third-order valence-electron chi connectivity index (χ3n) is 4.14. The van der Waals surface area contributed by atoms with E-state index >= 15 is 0 Å². The van der Waals surface area contributed by atoms with Gasteiger partial charge in [-0.05, 0) is 35.9 Å². The summed E-state index contributed by atoms with van der Waals surface area (Å²) in [4.78, 5) is 17.0. The highest BCUT2D eigenvalue weighted by atomic mass is 35.5. The van der Waals surface area contributed by atoms with Crippen LogP contribution in [0.4, 0.5) is 5.69 Å². The lowest BCUT2D eigenvalue weighted by molar-refractivity contribution is -0.120. The van der Waals surface area contributed by atoms with Crippen LogP contribution in [0.2, 0.25) is 10.0 Å². The number of anilines is 1. The van der Waals surface area contributed by atoms with Crippen molar-refractivity contribution in [3.63, 3.8) is 0 Å². The van der Waals surface area contributed by atoms with E-state index in [9.17, 15) is 13.2 Å². The van der Waals surface area contributed by atoms with Crippen LogP contribution in [0.15, 0.2) is 52.5 Å². The molecule has 2 aromatic rings. The number of rotatable bonds is 7. The first-order valence-electron chi connectivity index (χ1n) is 8.94. The Balaban J connectivity index is 1.60. The van der Waals surface area contributed by atoms with Crippen molar-refractivity contribution in [1.82, 2.24) is 4.31 Å². The summed E-state index contributed by atoms with van der Waals surface area (Å²) in [5, 5.41) is 6.96. The minimum Gasteiger partial charge on any atom is -0.386 e. The number of oxime groups is 1. The minimum atomic E-state index is -3.80. The van der Waals surface area contributed by atoms with E-state index in [1.165, 1.54) is 28.7 Å². The summed E-state index contributed by atoms with van der Waals surface area (Å²) in [6.45, 7) is 0.782. The second-order valence-corrected chi connectivity index (χ2v) is 9.02. The number of nitrogens with one attached hydrogen (secondary N) is 1. The van der Waals surface area contributed by atoms with Crippen LogP contribution in [0, 0.1) is 0 Å². The quantitative estimate of drug-likeness (QED) is 0.494. The predicted octanol–water partition coefficient (Wildman–Crippen LogP) is 3.00. The molecule has 1 fully saturated rings. The molecule has 0 aliphatic carbocycles. The van der Waals surface area contributed by atoms with Gasteiger partial charge in [0.15, 0.2) is 6.61 Å². The molecule has 1 aliphatic heterocycles. The number of carbonyl (C=O) groups excluding carboxylic acids is 1. The molecule has 0 aromatic heterocycles. The Labute approximate surface area is 184 Å². The highest BCUT2D eigenvalue weighted by Crippen LogP contribution is 2.28. The standard InChI is InChI=1S/C19H19Cl2N3O5S/c20-15-3-1-14(2-4-15)12-22-29-13-19(25)23-16-5-6-17(21)18(11-16)30(26,27)24-7-9-28-10-8-24/h1-6,11-12H,7-10,13H2,(H,23,25)/b22-12+. The van der Waals surface area contributed by atoms with Crippen LogP contribution in [0.5, 0.6) is 0 Å². The molecule has 0 spiro atoms. The van der Waals surface area contributed by atoms with Gasteiger partial charge in [0.1, 0.15) is 4.90 Å². The molecule has 1 saturated heterocycles. The molecule has 0 saturated carbocycles. The lowest BCUT2D eigenvalue weighted by Gasteiger charge is -2.26. The summed E-state index contributed by atoms with van der Waals surface area (Å²) >= 11 is 11.9. The fraction of sp³-hybridized carbons (Fsp3) is 0.263. The van der Waals surface area contributed by atoms with E-state index in [0.717, 1.165) is 5.56 Å². The number of halogens is 2. The maximum atomic E-state index is 12.8. The smallest absolute Gasteiger partial charge is 0.265 e. The molecular weight excluding hydrogens is 453 g/mol. The summed E-state index contributed by atoms with van der Waals surface area (Å²) in [5.74, 6) is -0.500. The first kappa shape index (κ1) is 22.5. The maximum absolute atomic E-state index is 12.8. The van der Waals surface area contributed by atoms with Gasteiger partial charge in [-0.3, -0.25) is 4.79 Å². The molecule has 1 amide bonds. The molecule has 3 rings (SSSR count). The molecule has 0 radical (unpaired) electrons. The summed E-state index contributed by atoms with van der Waals surface area (Å²) < 4.78 is 32.2. The number of sulfonamides is 1. The third kappa shape index (κ3) is 5.93. The Hall–Kier alpha value is -2.17. The fourth-order valence-corrected chi connectivity index (χ4v) is 4.68. The van der Waals surface area contributed by atoms with E-state index in [4.69, 9.17) is 32.8 Å². The maximum Gasteiger partial charge on any atom is 0.265 e. The first-order chi connectivity index (χ1) is 14.4. The average Bonchev–Trinajstić information content (AvgIpc) is 2.74. The summed E-state index contributed by atoms with van der Waals surface area (Å²) in [7, 11) is -3.80. The predicted molar refractivity (Wildman–Crippen MR) is 115 cm³/mol. The lowest BCUT2D eigenvalue weighted by Crippen LogP contribution is -2.40. The van der Waals surface area contributed by atoms with Crippen molar-refractivity contribution in [1.29, 1.82) is 0 Å². The van der Waals surface area contributed by atoms with Crippen molar-refractivity contribution in [2.75, 3.05) is 38.2 Å². The van der Waals surface area contributed by atoms with E-state index in [1.54, 1.807) is 24.3 Å². The minimum absolute atomic E-state index is 0.0725. The summed E-state index contributed by atoms with van der Waals surface area (Å²) in [6.07, 6.45) is 1.44. The van der Waals surface area contributed by atoms with Gasteiger partial charge >= 0.3 is 0 Å². The second-order valence-electron chi connectivity index (χ2n) is 6.27. The molecule has 160 valence electrons. The van der Waals surface area contributed by atoms with Gasteiger partial charge in [0.2, 0.25) is 10.0 Å². The third-order valence-corrected chi connectivity index (χ3v) is 6.78. The van der Waals surface area contributed by atoms with Crippen LogP contribution < -0.4 is 5.32 Å². The first-order valence-corrected chi connectivity index (χ1v) is 11.1. The molecular formula is C19H19Cl2N3O5S. The van der Waals surface area contributed by atoms with Crippen molar-refractivity contribution in [3.8, 4) is 0 Å². The van der Waals surface area contributed by atoms with Gasteiger partial charge in [-0.25, -0.2) is 8.42 Å². The molecule has 11 heteroatoms. The Kier molecular flexibility index (Phi) is 7.68. The van der Waals surface area contributed by atoms with Gasteiger partial charge in [0, 0.05) is 23.8 Å². The van der Waals surface area contributed by atoms with Gasteiger partial charge in [-0.15, -0.1) is 0 Å². The molecule has 0 atom stereocenters. The molecule has 1 heterocycles. The molecule has 30 heavy (non-hydrogen) atoms. The summed E-state index contributed by atoms with van der Waals surface area (Å²) in [6, 6.07) is 11.2. The van der Waals surface area contributed by atoms with Crippen molar-refractivity contribution >= 4 is 51.0 Å². The fourth-order valence-electron chi connectivity index (χ4n) is 2.64. The highest BCUT2D eigenvalue weighted by molar-refractivity contribution is 7.89. The van der Waals surface area contributed by atoms with Crippen molar-refractivity contribution in [3.05, 3.63) is 58.1 Å². The van der Waals surface area contributed by atoms with Gasteiger partial charge in [-0.1, -0.05) is 40.5 Å². The van der Waals surface area contributed by atoms with Crippen LogP contribution in [-0.4, -0.2) is 57.8 Å². The van der Waals surface area contributed by atoms with E-state index < -0.39 is 15.9 Å². The van der Waals surface area contributed by atoms with Crippen LogP contribution in [-0.2, 0) is 24.4 Å². The molecule has 0 unspecified atom stereocenters. The highest BCUT2D eigenvalue weighted by Gasteiger charge is 2.28. The molecule has 1 aliphatic rings. The molecule has 2 aromatic carbocycles. The van der Waals surface area contributed by atoms with Crippen molar-refractivity contribution < 1.29 is 22.8 Å². The monoisotopic (exact) mass is 471 g/mol. The largest absolute Gasteiger partial charge is 0.386 e. The zero-order valence-electron chi connectivity index (χ0n) is 15.8. The Morgan fingerprint density at radius 2 is 1.87 bits per heavy atom. The number of hydrogen-bond acceptors (Lipinski definition) is 6. The van der Waals surface area contributed by atoms with E-state index in [-0.39, 0.29) is 35.3 Å². The molecule has 0 bridgehead atoms. The molecule has 8 nitrogen and oxygen atoms in total. The lowest BCUT2D eigenvalue weighted by atomic mass is 10.2. The van der Waals surface area contributed by atoms with Crippen molar-refractivity contribution in [2.45, 2.75) is 4.90 Å². The van der Waals surface area contributed by atoms with Crippen LogP contribution in [0.3, 0.4) is 0 Å². The number of morpholine rings is 1. The van der Waals surface area contributed by atoms with E-state index in [0.29, 0.717) is 18.2 Å². The number of carbonyl (C=O) groups is 1. The second kappa shape index (κ2) is 10.2. The molecule has 1 N–H and O–H groups in total. The van der Waals surface area contributed by atoms with E-state index in [2.05, 4.69) is 10.5 Å². The van der Waals surface area contributed by atoms with Crippen LogP contribution in [0.25, 0.3) is 0 Å². The van der Waals surface area contributed by atoms with E-state index in [1.807, 2.05) is 0 Å². The van der Waals surface area contributed by atoms with Gasteiger partial charge in [0.05, 0.1) is 24.5 Å². The topological polar surface area (TPSA) is 97.3 Å². The number of nitrogens with zero attached hydrogens (tertiary/aromatic N) is 2. The number of hydrogen-bond donors (Lipinski definition) is 1. The van der Waals surface area contributed by atoms with Crippen LogP contribution >= 0.6 is 23.2 Å². The summed E-state index contributed by atoms with van der Waals surface area (Å²) in [5.41, 5.74) is 1.04. The normalized spacial score (nSPS) is 15.3. The van der Waals surface area contributed by atoms with Gasteiger partial charge in [0.25, 0.3) is 5.91 Å². The zero-order chi connectivity index (χ0) is 21.6.